The fourth-order valence-electron chi connectivity index (χ4n) is 2.32. The van der Waals surface area contributed by atoms with Gasteiger partial charge in [-0.1, -0.05) is 18.2 Å². The van der Waals surface area contributed by atoms with E-state index in [2.05, 4.69) is 26.0 Å². The lowest BCUT2D eigenvalue weighted by Gasteiger charge is -2.09. The molecule has 0 saturated heterocycles. The molecule has 0 aliphatic rings. The van der Waals surface area contributed by atoms with Gasteiger partial charge in [0.05, 0.1) is 0 Å². The molecule has 0 atom stereocenters. The molecule has 0 radical (unpaired) electrons. The van der Waals surface area contributed by atoms with Crippen molar-refractivity contribution in [3.63, 3.8) is 0 Å². The molecule has 1 aromatic carbocycles. The highest BCUT2D eigenvalue weighted by molar-refractivity contribution is 5.82. The van der Waals surface area contributed by atoms with Gasteiger partial charge in [0.15, 0.2) is 0 Å². The Hall–Kier alpha value is -3.21. The molecule has 106 valence electrons. The zero-order valence-corrected chi connectivity index (χ0v) is 11.6. The Morgan fingerprint density at radius 1 is 0.909 bits per heavy atom. The summed E-state index contributed by atoms with van der Waals surface area (Å²) in [5, 5.41) is 1.06. The second-order valence-electron chi connectivity index (χ2n) is 4.77. The standard InChI is InChI=1S/C17H12N4O/c1-2-5-15(22-17-19-7-3-8-20-17)14(4-1)13-10-12-6-9-18-16(12)21-11-13/h1-11H,(H,18,21). The average Bonchev–Trinajstić information content (AvgIpc) is 3.04. The molecule has 1 N–H and O–H groups in total. The van der Waals surface area contributed by atoms with Crippen LogP contribution in [0.3, 0.4) is 0 Å². The first-order valence-electron chi connectivity index (χ1n) is 6.87. The minimum atomic E-state index is 0.325. The van der Waals surface area contributed by atoms with E-state index in [0.717, 1.165) is 22.2 Å². The van der Waals surface area contributed by atoms with Crippen LogP contribution in [0, 0.1) is 0 Å². The Morgan fingerprint density at radius 2 is 1.77 bits per heavy atom. The molecule has 4 rings (SSSR count). The maximum Gasteiger partial charge on any atom is 0.321 e. The zero-order chi connectivity index (χ0) is 14.8. The van der Waals surface area contributed by atoms with Gasteiger partial charge in [-0.15, -0.1) is 0 Å². The summed E-state index contributed by atoms with van der Waals surface area (Å²) in [5.41, 5.74) is 2.80. The number of nitrogens with zero attached hydrogens (tertiary/aromatic N) is 3. The Bertz CT molecular complexity index is 918. The molecule has 4 aromatic rings. The summed E-state index contributed by atoms with van der Waals surface area (Å²) in [5.74, 6) is 0.699. The first kappa shape index (κ1) is 12.5. The predicted octanol–water partition coefficient (Wildman–Crippen LogP) is 3.81. The number of hydrogen-bond acceptors (Lipinski definition) is 4. The second kappa shape index (κ2) is 5.29. The maximum atomic E-state index is 5.80. The van der Waals surface area contributed by atoms with Crippen molar-refractivity contribution < 1.29 is 4.74 Å². The Labute approximate surface area is 126 Å². The van der Waals surface area contributed by atoms with Crippen molar-refractivity contribution in [1.29, 1.82) is 0 Å². The smallest absolute Gasteiger partial charge is 0.321 e. The first-order chi connectivity index (χ1) is 10.9. The van der Waals surface area contributed by atoms with Crippen molar-refractivity contribution in [3.05, 3.63) is 67.3 Å². The third-order valence-corrected chi connectivity index (χ3v) is 3.34. The van der Waals surface area contributed by atoms with Crippen LogP contribution in [0.5, 0.6) is 11.8 Å². The molecule has 22 heavy (non-hydrogen) atoms. The van der Waals surface area contributed by atoms with Crippen LogP contribution in [-0.2, 0) is 0 Å². The summed E-state index contributed by atoms with van der Waals surface area (Å²) in [7, 11) is 0. The highest BCUT2D eigenvalue weighted by Crippen LogP contribution is 2.32. The van der Waals surface area contributed by atoms with Gasteiger partial charge in [-0.05, 0) is 24.3 Å². The Balaban J connectivity index is 1.78. The summed E-state index contributed by atoms with van der Waals surface area (Å²) >= 11 is 0. The van der Waals surface area contributed by atoms with Crippen molar-refractivity contribution in [3.8, 4) is 22.9 Å². The predicted molar refractivity (Wildman–Crippen MR) is 83.6 cm³/mol. The van der Waals surface area contributed by atoms with Gasteiger partial charge >= 0.3 is 6.01 Å². The summed E-state index contributed by atoms with van der Waals surface area (Å²) in [6, 6.07) is 13.9. The normalized spacial score (nSPS) is 10.7. The molecule has 0 aliphatic heterocycles. The molecule has 5 nitrogen and oxygen atoms in total. The van der Waals surface area contributed by atoms with Gasteiger partial charge in [0.2, 0.25) is 0 Å². The van der Waals surface area contributed by atoms with Gasteiger partial charge in [-0.3, -0.25) is 0 Å². The first-order valence-corrected chi connectivity index (χ1v) is 6.87. The number of H-pyrrole nitrogens is 1. The molecule has 3 heterocycles. The quantitative estimate of drug-likeness (QED) is 0.622. The van der Waals surface area contributed by atoms with Crippen LogP contribution in [0.4, 0.5) is 0 Å². The maximum absolute atomic E-state index is 5.80. The molecule has 0 aliphatic carbocycles. The lowest BCUT2D eigenvalue weighted by atomic mass is 10.1. The molecule has 0 spiro atoms. The van der Waals surface area contributed by atoms with Gasteiger partial charge in [0, 0.05) is 41.3 Å². The SMILES string of the molecule is c1cnc(Oc2ccccc2-c2cnc3[nH]ccc3c2)nc1. The monoisotopic (exact) mass is 288 g/mol. The summed E-state index contributed by atoms with van der Waals surface area (Å²) in [4.78, 5) is 15.7. The van der Waals surface area contributed by atoms with E-state index < -0.39 is 0 Å². The van der Waals surface area contributed by atoms with Crippen molar-refractivity contribution in [1.82, 2.24) is 19.9 Å². The van der Waals surface area contributed by atoms with E-state index in [1.165, 1.54) is 0 Å². The highest BCUT2D eigenvalue weighted by Gasteiger charge is 2.09. The Kier molecular flexibility index (Phi) is 3.01. The van der Waals surface area contributed by atoms with E-state index in [0.29, 0.717) is 11.8 Å². The molecule has 0 saturated carbocycles. The van der Waals surface area contributed by atoms with Gasteiger partial charge in [-0.25, -0.2) is 15.0 Å². The number of pyridine rings is 1. The molecule has 3 aromatic heterocycles. The van der Waals surface area contributed by atoms with Crippen LogP contribution in [0.25, 0.3) is 22.2 Å². The Morgan fingerprint density at radius 3 is 2.68 bits per heavy atom. The number of fused-ring (bicyclic) bond motifs is 1. The topological polar surface area (TPSA) is 63.7 Å². The number of para-hydroxylation sites is 1. The van der Waals surface area contributed by atoms with Crippen molar-refractivity contribution >= 4 is 11.0 Å². The number of benzene rings is 1. The van der Waals surface area contributed by atoms with E-state index >= 15 is 0 Å². The van der Waals surface area contributed by atoms with Crippen molar-refractivity contribution in [2.24, 2.45) is 0 Å². The largest absolute Gasteiger partial charge is 0.424 e. The highest BCUT2D eigenvalue weighted by atomic mass is 16.5. The van der Waals surface area contributed by atoms with E-state index in [1.807, 2.05) is 42.7 Å². The van der Waals surface area contributed by atoms with Gasteiger partial charge in [-0.2, -0.15) is 0 Å². The third-order valence-electron chi connectivity index (χ3n) is 3.34. The average molecular weight is 288 g/mol. The number of nitrogens with one attached hydrogen (secondary N) is 1. The van der Waals surface area contributed by atoms with Crippen LogP contribution in [-0.4, -0.2) is 19.9 Å². The van der Waals surface area contributed by atoms with Gasteiger partial charge < -0.3 is 9.72 Å². The number of hydrogen-bond donors (Lipinski definition) is 1. The third kappa shape index (κ3) is 2.29. The van der Waals surface area contributed by atoms with Crippen molar-refractivity contribution in [2.75, 3.05) is 0 Å². The summed E-state index contributed by atoms with van der Waals surface area (Å²) < 4.78 is 5.80. The van der Waals surface area contributed by atoms with Crippen LogP contribution in [0.2, 0.25) is 0 Å². The lowest BCUT2D eigenvalue weighted by molar-refractivity contribution is 0.443. The molecule has 5 heteroatoms. The fourth-order valence-corrected chi connectivity index (χ4v) is 2.32. The number of aromatic nitrogens is 4. The summed E-state index contributed by atoms with van der Waals surface area (Å²) in [6.07, 6.45) is 7.01. The van der Waals surface area contributed by atoms with Crippen LogP contribution in [0.1, 0.15) is 0 Å². The van der Waals surface area contributed by atoms with Crippen LogP contribution in [0.15, 0.2) is 67.3 Å². The molecular formula is C17H12N4O. The number of aromatic amines is 1. The molecule has 0 amide bonds. The van der Waals surface area contributed by atoms with Crippen LogP contribution < -0.4 is 4.74 Å². The molecule has 0 unspecified atom stereocenters. The van der Waals surface area contributed by atoms with Crippen LogP contribution >= 0.6 is 0 Å². The number of ether oxygens (including phenoxy) is 1. The summed E-state index contributed by atoms with van der Waals surface area (Å²) in [6.45, 7) is 0. The number of rotatable bonds is 3. The van der Waals surface area contributed by atoms with E-state index in [9.17, 15) is 0 Å². The van der Waals surface area contributed by atoms with E-state index in [-0.39, 0.29) is 0 Å². The van der Waals surface area contributed by atoms with E-state index in [1.54, 1.807) is 18.5 Å². The molecule has 0 bridgehead atoms. The van der Waals surface area contributed by atoms with Gasteiger partial charge in [0.1, 0.15) is 11.4 Å². The lowest BCUT2D eigenvalue weighted by Crippen LogP contribution is -1.92. The molecular weight excluding hydrogens is 276 g/mol. The zero-order valence-electron chi connectivity index (χ0n) is 11.6. The van der Waals surface area contributed by atoms with E-state index in [4.69, 9.17) is 4.74 Å². The fraction of sp³-hybridized carbons (Fsp3) is 0. The second-order valence-corrected chi connectivity index (χ2v) is 4.77. The van der Waals surface area contributed by atoms with Gasteiger partial charge in [0.25, 0.3) is 0 Å². The minimum Gasteiger partial charge on any atom is -0.424 e. The van der Waals surface area contributed by atoms with Crippen molar-refractivity contribution in [2.45, 2.75) is 0 Å². The minimum absolute atomic E-state index is 0.325. The molecule has 0 fully saturated rings.